The number of carbonyl (C=O) groups is 1. The average Bonchev–Trinajstić information content (AvgIpc) is 2.55. The Morgan fingerprint density at radius 2 is 1.87 bits per heavy atom. The predicted molar refractivity (Wildman–Crippen MR) is 94.4 cm³/mol. The minimum absolute atomic E-state index is 0. The highest BCUT2D eigenvalue weighted by Gasteiger charge is 2.38. The third-order valence-corrected chi connectivity index (χ3v) is 4.88. The van der Waals surface area contributed by atoms with Gasteiger partial charge in [0.1, 0.15) is 5.75 Å². The van der Waals surface area contributed by atoms with Crippen LogP contribution >= 0.6 is 12.4 Å². The number of nitrogens with one attached hydrogen (secondary N) is 1. The van der Waals surface area contributed by atoms with E-state index in [4.69, 9.17) is 0 Å². The number of piperidine rings is 1. The topological polar surface area (TPSA) is 55.8 Å². The van der Waals surface area contributed by atoms with Gasteiger partial charge in [-0.3, -0.25) is 4.79 Å². The van der Waals surface area contributed by atoms with Gasteiger partial charge in [0.05, 0.1) is 11.2 Å². The van der Waals surface area contributed by atoms with Crippen molar-refractivity contribution in [2.75, 3.05) is 37.6 Å². The zero-order valence-corrected chi connectivity index (χ0v) is 14.4. The molecule has 1 aromatic carbocycles. The van der Waals surface area contributed by atoms with Crippen LogP contribution in [0.4, 0.5) is 5.69 Å². The molecule has 1 atom stereocenters. The molecule has 0 radical (unpaired) electrons. The van der Waals surface area contributed by atoms with E-state index in [1.807, 2.05) is 30.0 Å². The maximum atomic E-state index is 12.8. The van der Waals surface area contributed by atoms with Crippen molar-refractivity contribution in [2.45, 2.75) is 31.7 Å². The zero-order valence-electron chi connectivity index (χ0n) is 13.6. The van der Waals surface area contributed by atoms with Crippen molar-refractivity contribution in [2.24, 2.45) is 0 Å². The maximum absolute atomic E-state index is 12.8. The first kappa shape index (κ1) is 17.9. The van der Waals surface area contributed by atoms with Crippen LogP contribution in [-0.2, 0) is 4.79 Å². The minimum Gasteiger partial charge on any atom is -0.506 e. The highest BCUT2D eigenvalue weighted by atomic mass is 35.5. The number of hydrogen-bond donors (Lipinski definition) is 2. The number of phenolic OH excluding ortho intramolecular Hbond substituents is 1. The van der Waals surface area contributed by atoms with Crippen LogP contribution in [0, 0.1) is 0 Å². The molecule has 1 aromatic rings. The second-order valence-electron chi connectivity index (χ2n) is 6.48. The first-order valence-electron chi connectivity index (χ1n) is 8.17. The molecule has 2 aliphatic heterocycles. The van der Waals surface area contributed by atoms with Crippen molar-refractivity contribution >= 4 is 24.0 Å². The number of amides is 1. The lowest BCUT2D eigenvalue weighted by Crippen LogP contribution is -2.61. The van der Waals surface area contributed by atoms with Crippen molar-refractivity contribution in [3.8, 4) is 5.75 Å². The Morgan fingerprint density at radius 3 is 2.48 bits per heavy atom. The summed E-state index contributed by atoms with van der Waals surface area (Å²) in [7, 11) is 0. The standard InChI is InChI=1S/C17H25N3O2.ClH/c1-17(8-4-5-9-18-17)16(22)20-12-10-19(11-13-20)14-6-2-3-7-15(14)21;/h2-3,6-7,18,21H,4-5,8-13H2,1H3;1H. The quantitative estimate of drug-likeness (QED) is 0.865. The lowest BCUT2D eigenvalue weighted by atomic mass is 9.89. The molecule has 1 unspecified atom stereocenters. The normalized spacial score (nSPS) is 24.9. The molecule has 0 aliphatic carbocycles. The van der Waals surface area contributed by atoms with Gasteiger partial charge in [-0.05, 0) is 44.9 Å². The van der Waals surface area contributed by atoms with E-state index < -0.39 is 5.54 Å². The van der Waals surface area contributed by atoms with Crippen molar-refractivity contribution in [1.82, 2.24) is 10.2 Å². The predicted octanol–water partition coefficient (Wildman–Crippen LogP) is 1.99. The van der Waals surface area contributed by atoms with Gasteiger partial charge < -0.3 is 20.2 Å². The second-order valence-corrected chi connectivity index (χ2v) is 6.48. The summed E-state index contributed by atoms with van der Waals surface area (Å²) in [5.74, 6) is 0.535. The summed E-state index contributed by atoms with van der Waals surface area (Å²) in [4.78, 5) is 16.9. The van der Waals surface area contributed by atoms with Gasteiger partial charge in [0.2, 0.25) is 5.91 Å². The third kappa shape index (κ3) is 3.72. The number of benzene rings is 1. The van der Waals surface area contributed by atoms with Crippen molar-refractivity contribution in [1.29, 1.82) is 0 Å². The van der Waals surface area contributed by atoms with Gasteiger partial charge in [-0.1, -0.05) is 12.1 Å². The third-order valence-electron chi connectivity index (χ3n) is 4.88. The monoisotopic (exact) mass is 339 g/mol. The van der Waals surface area contributed by atoms with Gasteiger partial charge in [-0.25, -0.2) is 0 Å². The molecule has 128 valence electrons. The number of para-hydroxylation sites is 2. The van der Waals surface area contributed by atoms with Crippen LogP contribution in [-0.4, -0.2) is 54.2 Å². The van der Waals surface area contributed by atoms with Gasteiger partial charge >= 0.3 is 0 Å². The van der Waals surface area contributed by atoms with Crippen LogP contribution in [0.1, 0.15) is 26.2 Å². The largest absolute Gasteiger partial charge is 0.506 e. The minimum atomic E-state index is -0.394. The number of anilines is 1. The number of aromatic hydroxyl groups is 1. The molecule has 0 saturated carbocycles. The molecule has 6 heteroatoms. The lowest BCUT2D eigenvalue weighted by molar-refractivity contribution is -0.139. The highest BCUT2D eigenvalue weighted by Crippen LogP contribution is 2.28. The van der Waals surface area contributed by atoms with Crippen LogP contribution in [0.15, 0.2) is 24.3 Å². The van der Waals surface area contributed by atoms with Crippen LogP contribution in [0.25, 0.3) is 0 Å². The van der Waals surface area contributed by atoms with Crippen molar-refractivity contribution in [3.63, 3.8) is 0 Å². The second kappa shape index (κ2) is 7.41. The summed E-state index contributed by atoms with van der Waals surface area (Å²) in [6.07, 6.45) is 3.20. The van der Waals surface area contributed by atoms with Gasteiger partial charge in [0, 0.05) is 26.2 Å². The Morgan fingerprint density at radius 1 is 1.17 bits per heavy atom. The number of hydrogen-bond acceptors (Lipinski definition) is 4. The van der Waals surface area contributed by atoms with E-state index in [2.05, 4.69) is 10.2 Å². The van der Waals surface area contributed by atoms with E-state index in [1.54, 1.807) is 6.07 Å². The van der Waals surface area contributed by atoms with Crippen LogP contribution in [0.3, 0.4) is 0 Å². The first-order chi connectivity index (χ1) is 10.6. The fourth-order valence-electron chi connectivity index (χ4n) is 3.47. The lowest BCUT2D eigenvalue weighted by Gasteiger charge is -2.42. The van der Waals surface area contributed by atoms with E-state index in [1.165, 1.54) is 0 Å². The number of piperazine rings is 1. The zero-order chi connectivity index (χ0) is 15.6. The maximum Gasteiger partial charge on any atom is 0.242 e. The van der Waals surface area contributed by atoms with Crippen molar-refractivity contribution in [3.05, 3.63) is 24.3 Å². The Labute approximate surface area is 144 Å². The first-order valence-corrected chi connectivity index (χ1v) is 8.17. The molecule has 3 rings (SSSR count). The van der Waals surface area contributed by atoms with E-state index in [9.17, 15) is 9.90 Å². The Hall–Kier alpha value is -1.46. The number of nitrogens with zero attached hydrogens (tertiary/aromatic N) is 2. The molecular weight excluding hydrogens is 314 g/mol. The molecule has 2 aliphatic rings. The molecular formula is C17H26ClN3O2. The van der Waals surface area contributed by atoms with Crippen LogP contribution in [0.5, 0.6) is 5.75 Å². The Balaban J connectivity index is 0.00000192. The summed E-state index contributed by atoms with van der Waals surface area (Å²) < 4.78 is 0. The number of rotatable bonds is 2. The van der Waals surface area contributed by atoms with E-state index in [-0.39, 0.29) is 18.3 Å². The molecule has 0 spiro atoms. The summed E-state index contributed by atoms with van der Waals surface area (Å²) >= 11 is 0. The van der Waals surface area contributed by atoms with Gasteiger partial charge in [0.15, 0.2) is 0 Å². The Bertz CT molecular complexity index is 538. The summed E-state index contributed by atoms with van der Waals surface area (Å²) in [5.41, 5.74) is 0.464. The average molecular weight is 340 g/mol. The number of carbonyl (C=O) groups excluding carboxylic acids is 1. The Kier molecular flexibility index (Phi) is 5.76. The molecule has 2 fully saturated rings. The molecule has 0 bridgehead atoms. The van der Waals surface area contributed by atoms with Crippen LogP contribution in [0.2, 0.25) is 0 Å². The van der Waals surface area contributed by atoms with Gasteiger partial charge in [0.25, 0.3) is 0 Å². The van der Waals surface area contributed by atoms with Crippen molar-refractivity contribution < 1.29 is 9.90 Å². The van der Waals surface area contributed by atoms with E-state index in [0.717, 1.165) is 44.6 Å². The molecule has 2 N–H and O–H groups in total. The molecule has 0 aromatic heterocycles. The van der Waals surface area contributed by atoms with E-state index in [0.29, 0.717) is 18.8 Å². The molecule has 1 amide bonds. The van der Waals surface area contributed by atoms with Gasteiger partial charge in [-0.2, -0.15) is 0 Å². The highest BCUT2D eigenvalue weighted by molar-refractivity contribution is 5.86. The van der Waals surface area contributed by atoms with E-state index >= 15 is 0 Å². The number of halogens is 1. The van der Waals surface area contributed by atoms with Gasteiger partial charge in [-0.15, -0.1) is 12.4 Å². The number of phenols is 1. The molecule has 2 saturated heterocycles. The smallest absolute Gasteiger partial charge is 0.242 e. The fourth-order valence-corrected chi connectivity index (χ4v) is 3.47. The summed E-state index contributed by atoms with van der Waals surface area (Å²) in [6, 6.07) is 7.39. The SMILES string of the molecule is CC1(C(=O)N2CCN(c3ccccc3O)CC2)CCCCN1.Cl. The summed E-state index contributed by atoms with van der Waals surface area (Å²) in [6.45, 7) is 5.91. The molecule has 5 nitrogen and oxygen atoms in total. The fraction of sp³-hybridized carbons (Fsp3) is 0.588. The summed E-state index contributed by atoms with van der Waals surface area (Å²) in [5, 5.41) is 13.4. The molecule has 23 heavy (non-hydrogen) atoms. The van der Waals surface area contributed by atoms with Crippen LogP contribution < -0.4 is 10.2 Å². The molecule has 2 heterocycles.